The molecule has 3 aromatic rings. The van der Waals surface area contributed by atoms with Crippen LogP contribution in [0.1, 0.15) is 22.4 Å². The summed E-state index contributed by atoms with van der Waals surface area (Å²) < 4.78 is 5.92. The zero-order valence-electron chi connectivity index (χ0n) is 13.4. The molecule has 0 saturated heterocycles. The highest BCUT2D eigenvalue weighted by Gasteiger charge is 2.12. The number of hydrogen-bond donors (Lipinski definition) is 0. The summed E-state index contributed by atoms with van der Waals surface area (Å²) in [7, 11) is 0. The summed E-state index contributed by atoms with van der Waals surface area (Å²) >= 11 is 0. The van der Waals surface area contributed by atoms with Crippen molar-refractivity contribution in [2.24, 2.45) is 0 Å². The van der Waals surface area contributed by atoms with Crippen LogP contribution in [0.5, 0.6) is 5.88 Å². The van der Waals surface area contributed by atoms with Gasteiger partial charge in [0.25, 0.3) is 0 Å². The van der Waals surface area contributed by atoms with Gasteiger partial charge in [0.2, 0.25) is 5.88 Å². The average molecular weight is 306 g/mol. The van der Waals surface area contributed by atoms with Crippen molar-refractivity contribution in [1.82, 2.24) is 19.9 Å². The summed E-state index contributed by atoms with van der Waals surface area (Å²) in [4.78, 5) is 17.3. The highest BCUT2D eigenvalue weighted by molar-refractivity contribution is 5.49. The van der Waals surface area contributed by atoms with Crippen LogP contribution in [0.4, 0.5) is 0 Å². The van der Waals surface area contributed by atoms with E-state index in [0.29, 0.717) is 24.0 Å². The van der Waals surface area contributed by atoms with Crippen LogP contribution in [0.25, 0.3) is 11.5 Å². The van der Waals surface area contributed by atoms with Gasteiger partial charge in [0.15, 0.2) is 5.82 Å². The Labute approximate surface area is 135 Å². The topological polar surface area (TPSA) is 60.8 Å². The third kappa shape index (κ3) is 3.51. The molecule has 23 heavy (non-hydrogen) atoms. The fraction of sp³-hybridized carbons (Fsp3) is 0.222. The summed E-state index contributed by atoms with van der Waals surface area (Å²) in [5, 5.41) is 0. The van der Waals surface area contributed by atoms with E-state index in [9.17, 15) is 0 Å². The van der Waals surface area contributed by atoms with E-state index in [-0.39, 0.29) is 0 Å². The molecule has 2 heterocycles. The number of benzene rings is 1. The molecule has 0 aliphatic carbocycles. The number of aryl methyl sites for hydroxylation is 2. The average Bonchev–Trinajstić information content (AvgIpc) is 2.57. The van der Waals surface area contributed by atoms with Crippen molar-refractivity contribution in [3.8, 4) is 17.4 Å². The van der Waals surface area contributed by atoms with E-state index in [1.54, 1.807) is 18.6 Å². The van der Waals surface area contributed by atoms with E-state index in [2.05, 4.69) is 39.0 Å². The Morgan fingerprint density at radius 3 is 2.65 bits per heavy atom. The van der Waals surface area contributed by atoms with Crippen molar-refractivity contribution in [3.05, 3.63) is 65.2 Å². The molecule has 5 heteroatoms. The number of aromatic nitrogens is 4. The molecular weight excluding hydrogens is 288 g/mol. The summed E-state index contributed by atoms with van der Waals surface area (Å²) in [5.74, 6) is 1.11. The summed E-state index contributed by atoms with van der Waals surface area (Å²) in [6, 6.07) is 8.24. The third-order valence-electron chi connectivity index (χ3n) is 3.59. The molecule has 0 aliphatic heterocycles. The molecule has 0 spiro atoms. The maximum absolute atomic E-state index is 5.92. The third-order valence-corrected chi connectivity index (χ3v) is 3.59. The lowest BCUT2D eigenvalue weighted by Gasteiger charge is -2.11. The van der Waals surface area contributed by atoms with Gasteiger partial charge in [-0.1, -0.05) is 29.8 Å². The Hall–Kier alpha value is -2.82. The lowest BCUT2D eigenvalue weighted by Crippen LogP contribution is -2.04. The monoisotopic (exact) mass is 306 g/mol. The van der Waals surface area contributed by atoms with Crippen molar-refractivity contribution in [2.75, 3.05) is 0 Å². The van der Waals surface area contributed by atoms with Gasteiger partial charge in [-0.3, -0.25) is 4.98 Å². The number of rotatable bonds is 4. The smallest absolute Gasteiger partial charge is 0.220 e. The highest BCUT2D eigenvalue weighted by atomic mass is 16.5. The molecule has 2 aromatic heterocycles. The van der Waals surface area contributed by atoms with Gasteiger partial charge in [-0.25, -0.2) is 9.97 Å². The number of hydrogen-bond acceptors (Lipinski definition) is 5. The van der Waals surface area contributed by atoms with Crippen molar-refractivity contribution in [1.29, 1.82) is 0 Å². The van der Waals surface area contributed by atoms with Gasteiger partial charge in [-0.05, 0) is 26.3 Å². The van der Waals surface area contributed by atoms with Crippen molar-refractivity contribution < 1.29 is 4.74 Å². The van der Waals surface area contributed by atoms with Crippen LogP contribution in [0.2, 0.25) is 0 Å². The Bertz CT molecular complexity index is 819. The normalized spacial score (nSPS) is 10.6. The first-order valence-corrected chi connectivity index (χ1v) is 7.43. The van der Waals surface area contributed by atoms with Crippen LogP contribution in [0.3, 0.4) is 0 Å². The van der Waals surface area contributed by atoms with Crippen molar-refractivity contribution >= 4 is 0 Å². The lowest BCUT2D eigenvalue weighted by atomic mass is 10.1. The maximum atomic E-state index is 5.92. The fourth-order valence-electron chi connectivity index (χ4n) is 2.23. The molecule has 1 aromatic carbocycles. The Morgan fingerprint density at radius 2 is 1.91 bits per heavy atom. The first-order valence-electron chi connectivity index (χ1n) is 7.43. The highest BCUT2D eigenvalue weighted by Crippen LogP contribution is 2.22. The molecule has 0 fully saturated rings. The molecule has 0 unspecified atom stereocenters. The van der Waals surface area contributed by atoms with Gasteiger partial charge in [-0.2, -0.15) is 4.98 Å². The SMILES string of the molecule is Cc1cccc(COc2nc(-c3cnccn3)nc(C)c2C)c1. The van der Waals surface area contributed by atoms with E-state index in [0.717, 1.165) is 16.8 Å². The standard InChI is InChI=1S/C18H18N4O/c1-12-5-4-6-15(9-12)11-23-18-13(2)14(3)21-17(22-18)16-10-19-7-8-20-16/h4-10H,11H2,1-3H3. The van der Waals surface area contributed by atoms with Crippen LogP contribution in [0.15, 0.2) is 42.9 Å². The van der Waals surface area contributed by atoms with E-state index in [1.165, 1.54) is 5.56 Å². The van der Waals surface area contributed by atoms with E-state index in [1.807, 2.05) is 26.0 Å². The first kappa shape index (κ1) is 15.1. The minimum Gasteiger partial charge on any atom is -0.473 e. The molecule has 0 bridgehead atoms. The zero-order valence-corrected chi connectivity index (χ0v) is 13.4. The van der Waals surface area contributed by atoms with Crippen LogP contribution < -0.4 is 4.74 Å². The van der Waals surface area contributed by atoms with Crippen molar-refractivity contribution in [3.63, 3.8) is 0 Å². The van der Waals surface area contributed by atoms with E-state index < -0.39 is 0 Å². The molecule has 0 amide bonds. The molecule has 3 rings (SSSR count). The first-order chi connectivity index (χ1) is 11.1. The lowest BCUT2D eigenvalue weighted by molar-refractivity contribution is 0.291. The van der Waals surface area contributed by atoms with Crippen LogP contribution in [-0.4, -0.2) is 19.9 Å². The van der Waals surface area contributed by atoms with Crippen LogP contribution in [-0.2, 0) is 6.61 Å². The van der Waals surface area contributed by atoms with Crippen molar-refractivity contribution in [2.45, 2.75) is 27.4 Å². The van der Waals surface area contributed by atoms with Gasteiger partial charge in [-0.15, -0.1) is 0 Å². The number of nitrogens with zero attached hydrogens (tertiary/aromatic N) is 4. The second-order valence-corrected chi connectivity index (χ2v) is 5.43. The second kappa shape index (κ2) is 6.52. The quantitative estimate of drug-likeness (QED) is 0.739. The molecular formula is C18H18N4O. The van der Waals surface area contributed by atoms with Crippen LogP contribution in [0, 0.1) is 20.8 Å². The molecule has 116 valence electrons. The van der Waals surface area contributed by atoms with Gasteiger partial charge in [0.1, 0.15) is 12.3 Å². The Morgan fingerprint density at radius 1 is 1.04 bits per heavy atom. The van der Waals surface area contributed by atoms with Gasteiger partial charge < -0.3 is 4.74 Å². The minimum absolute atomic E-state index is 0.471. The molecule has 0 radical (unpaired) electrons. The number of ether oxygens (including phenoxy) is 1. The molecule has 5 nitrogen and oxygen atoms in total. The largest absolute Gasteiger partial charge is 0.473 e. The van der Waals surface area contributed by atoms with E-state index in [4.69, 9.17) is 4.74 Å². The maximum Gasteiger partial charge on any atom is 0.220 e. The van der Waals surface area contributed by atoms with Gasteiger partial charge in [0.05, 0.1) is 6.20 Å². The molecule has 0 atom stereocenters. The summed E-state index contributed by atoms with van der Waals surface area (Å²) in [6.07, 6.45) is 4.90. The van der Waals surface area contributed by atoms with Gasteiger partial charge in [0, 0.05) is 23.7 Å². The van der Waals surface area contributed by atoms with Gasteiger partial charge >= 0.3 is 0 Å². The minimum atomic E-state index is 0.471. The molecule has 0 saturated carbocycles. The second-order valence-electron chi connectivity index (χ2n) is 5.43. The van der Waals surface area contributed by atoms with Crippen LogP contribution >= 0.6 is 0 Å². The molecule has 0 N–H and O–H groups in total. The summed E-state index contributed by atoms with van der Waals surface area (Å²) in [6.45, 7) is 6.44. The molecule has 0 aliphatic rings. The Balaban J connectivity index is 1.88. The predicted molar refractivity (Wildman–Crippen MR) is 88.0 cm³/mol. The predicted octanol–water partition coefficient (Wildman–Crippen LogP) is 3.44. The zero-order chi connectivity index (χ0) is 16.2. The fourth-order valence-corrected chi connectivity index (χ4v) is 2.23. The van der Waals surface area contributed by atoms with E-state index >= 15 is 0 Å². The summed E-state index contributed by atoms with van der Waals surface area (Å²) in [5.41, 5.74) is 4.77. The Kier molecular flexibility index (Phi) is 4.28.